The van der Waals surface area contributed by atoms with Gasteiger partial charge in [0.25, 0.3) is 0 Å². The molecule has 3 nitrogen and oxygen atoms in total. The third-order valence-electron chi connectivity index (χ3n) is 3.27. The summed E-state index contributed by atoms with van der Waals surface area (Å²) in [4.78, 5) is 8.00. The number of benzene rings is 2. The predicted octanol–water partition coefficient (Wildman–Crippen LogP) is 4.74. The van der Waals surface area contributed by atoms with Gasteiger partial charge in [0.05, 0.1) is 6.61 Å². The van der Waals surface area contributed by atoms with E-state index in [4.69, 9.17) is 14.6 Å². The van der Waals surface area contributed by atoms with Crippen molar-refractivity contribution in [2.75, 3.05) is 13.7 Å². The van der Waals surface area contributed by atoms with Crippen LogP contribution in [-0.2, 0) is 22.6 Å². The summed E-state index contributed by atoms with van der Waals surface area (Å²) >= 11 is 0. The summed E-state index contributed by atoms with van der Waals surface area (Å²) in [6, 6.07) is 14.8. The highest BCUT2D eigenvalue weighted by Gasteiger charge is 2.05. The summed E-state index contributed by atoms with van der Waals surface area (Å²) < 4.78 is 5.24. The van der Waals surface area contributed by atoms with Gasteiger partial charge in [0, 0.05) is 13.7 Å². The number of methoxy groups -OCH3 is 1. The first-order chi connectivity index (χ1) is 12.0. The lowest BCUT2D eigenvalue weighted by Crippen LogP contribution is -1.99. The van der Waals surface area contributed by atoms with Crippen LogP contribution in [0, 0.1) is 6.92 Å². The molecule has 0 aromatic heterocycles. The van der Waals surface area contributed by atoms with Crippen LogP contribution in [0.3, 0.4) is 0 Å². The van der Waals surface area contributed by atoms with Crippen LogP contribution < -0.4 is 0 Å². The molecule has 0 aliphatic heterocycles. The molecule has 1 N–H and O–H groups in total. The van der Waals surface area contributed by atoms with Crippen molar-refractivity contribution in [1.82, 2.24) is 0 Å². The molecule has 0 aliphatic carbocycles. The third-order valence-corrected chi connectivity index (χ3v) is 3.27. The fourth-order valence-corrected chi connectivity index (χ4v) is 2.21. The number of allylic oxidation sites excluding steroid dienone is 1. The van der Waals surface area contributed by atoms with Gasteiger partial charge in [0.1, 0.15) is 6.79 Å². The van der Waals surface area contributed by atoms with E-state index in [0.717, 1.165) is 11.1 Å². The number of ether oxygens (including phenoxy) is 1. The highest BCUT2D eigenvalue weighted by Crippen LogP contribution is 2.24. The van der Waals surface area contributed by atoms with E-state index in [9.17, 15) is 0 Å². The molecule has 25 heavy (non-hydrogen) atoms. The van der Waals surface area contributed by atoms with Crippen LogP contribution in [0.25, 0.3) is 11.1 Å². The van der Waals surface area contributed by atoms with Gasteiger partial charge in [0.15, 0.2) is 0 Å². The Kier molecular flexibility index (Phi) is 11.9. The number of hydrogen-bond donors (Lipinski definition) is 1. The molecular formula is C22H30O3. The van der Waals surface area contributed by atoms with Gasteiger partial charge < -0.3 is 14.6 Å². The zero-order valence-electron chi connectivity index (χ0n) is 15.8. The highest BCUT2D eigenvalue weighted by atomic mass is 16.5. The Bertz CT molecular complexity index is 626. The Labute approximate surface area is 152 Å². The van der Waals surface area contributed by atoms with Gasteiger partial charge in [-0.1, -0.05) is 47.5 Å². The van der Waals surface area contributed by atoms with Crippen molar-refractivity contribution in [3.8, 4) is 11.1 Å². The molecule has 0 saturated carbocycles. The van der Waals surface area contributed by atoms with Crippen LogP contribution in [0.2, 0.25) is 0 Å². The van der Waals surface area contributed by atoms with Crippen LogP contribution in [0.1, 0.15) is 30.5 Å². The Morgan fingerprint density at radius 3 is 2.00 bits per heavy atom. The average Bonchev–Trinajstić information content (AvgIpc) is 2.59. The molecule has 2 aromatic carbocycles. The lowest BCUT2D eigenvalue weighted by molar-refractivity contribution is -0.0979. The standard InChI is InChI=1S/C17H20O2.C4H8.CH2O/c1-13-3-5-14(6-4-13)16-8-7-15(9-10-18)17(11-16)12-19-2;1-4(2)3;1-2/h3-8,11,18H,9-10,12H2,1-2H3;1H2,2-3H3;1H2. The second-order valence-corrected chi connectivity index (χ2v) is 5.96. The van der Waals surface area contributed by atoms with E-state index in [1.165, 1.54) is 22.3 Å². The molecule has 0 saturated heterocycles. The molecule has 0 atom stereocenters. The third kappa shape index (κ3) is 8.99. The first-order valence-electron chi connectivity index (χ1n) is 8.17. The highest BCUT2D eigenvalue weighted by molar-refractivity contribution is 5.65. The Morgan fingerprint density at radius 1 is 1.00 bits per heavy atom. The number of aliphatic hydroxyl groups excluding tert-OH is 1. The number of hydrogen-bond acceptors (Lipinski definition) is 3. The van der Waals surface area contributed by atoms with Crippen molar-refractivity contribution in [3.05, 3.63) is 71.3 Å². The molecule has 0 unspecified atom stereocenters. The molecule has 136 valence electrons. The average molecular weight is 342 g/mol. The van der Waals surface area contributed by atoms with E-state index in [1.54, 1.807) is 7.11 Å². The minimum Gasteiger partial charge on any atom is -0.396 e. The van der Waals surface area contributed by atoms with Gasteiger partial charge in [-0.05, 0) is 55.5 Å². The fourth-order valence-electron chi connectivity index (χ4n) is 2.21. The Morgan fingerprint density at radius 2 is 1.52 bits per heavy atom. The van der Waals surface area contributed by atoms with Crippen molar-refractivity contribution < 1.29 is 14.6 Å². The zero-order chi connectivity index (χ0) is 19.2. The maximum Gasteiger partial charge on any atom is 0.106 e. The van der Waals surface area contributed by atoms with Crippen molar-refractivity contribution in [2.24, 2.45) is 0 Å². The van der Waals surface area contributed by atoms with Gasteiger partial charge in [-0.2, -0.15) is 0 Å². The zero-order valence-corrected chi connectivity index (χ0v) is 15.8. The minimum atomic E-state index is 0.167. The van der Waals surface area contributed by atoms with Crippen LogP contribution >= 0.6 is 0 Å². The monoisotopic (exact) mass is 342 g/mol. The largest absolute Gasteiger partial charge is 0.396 e. The molecule has 2 rings (SSSR count). The van der Waals surface area contributed by atoms with Crippen LogP contribution in [0.15, 0.2) is 54.6 Å². The topological polar surface area (TPSA) is 46.5 Å². The van der Waals surface area contributed by atoms with E-state index in [1.807, 2.05) is 20.6 Å². The number of aryl methyl sites for hydroxylation is 1. The van der Waals surface area contributed by atoms with Crippen molar-refractivity contribution in [3.63, 3.8) is 0 Å². The normalized spacial score (nSPS) is 9.32. The number of rotatable bonds is 5. The summed E-state index contributed by atoms with van der Waals surface area (Å²) in [7, 11) is 1.70. The van der Waals surface area contributed by atoms with E-state index in [-0.39, 0.29) is 6.61 Å². The maximum atomic E-state index is 9.09. The molecule has 3 heteroatoms. The van der Waals surface area contributed by atoms with Crippen LogP contribution in [-0.4, -0.2) is 25.6 Å². The minimum absolute atomic E-state index is 0.167. The number of carbonyl (C=O) groups excluding carboxylic acids is 1. The molecule has 0 fully saturated rings. The van der Waals surface area contributed by atoms with Crippen molar-refractivity contribution in [1.29, 1.82) is 0 Å². The molecule has 0 bridgehead atoms. The first-order valence-corrected chi connectivity index (χ1v) is 8.17. The van der Waals surface area contributed by atoms with Gasteiger partial charge >= 0.3 is 0 Å². The van der Waals surface area contributed by atoms with Gasteiger partial charge in [-0.3, -0.25) is 0 Å². The Balaban J connectivity index is 0.000000845. The molecule has 0 amide bonds. The van der Waals surface area contributed by atoms with Crippen LogP contribution in [0.4, 0.5) is 0 Å². The number of carbonyl (C=O) groups is 1. The van der Waals surface area contributed by atoms with Crippen molar-refractivity contribution >= 4 is 6.79 Å². The lowest BCUT2D eigenvalue weighted by Gasteiger charge is -2.11. The summed E-state index contributed by atoms with van der Waals surface area (Å²) in [5.74, 6) is 0. The van der Waals surface area contributed by atoms with E-state index >= 15 is 0 Å². The molecule has 0 aliphatic rings. The summed E-state index contributed by atoms with van der Waals surface area (Å²) in [5.41, 5.74) is 7.12. The van der Waals surface area contributed by atoms with E-state index in [2.05, 4.69) is 56.0 Å². The molecule has 0 heterocycles. The summed E-state index contributed by atoms with van der Waals surface area (Å²) in [6.45, 7) is 12.3. The Hall–Kier alpha value is -2.23. The maximum absolute atomic E-state index is 9.09. The molecule has 0 radical (unpaired) electrons. The quantitative estimate of drug-likeness (QED) is 0.798. The second-order valence-electron chi connectivity index (χ2n) is 5.96. The van der Waals surface area contributed by atoms with Gasteiger partial charge in [0.2, 0.25) is 0 Å². The molecule has 0 spiro atoms. The SMILES string of the molecule is C=C(C)C.C=O.COCc1cc(-c2ccc(C)cc2)ccc1CCO. The van der Waals surface area contributed by atoms with E-state index < -0.39 is 0 Å². The molecule has 2 aromatic rings. The second kappa shape index (κ2) is 13.1. The first kappa shape index (κ1) is 22.8. The van der Waals surface area contributed by atoms with Gasteiger partial charge in [-0.25, -0.2) is 0 Å². The van der Waals surface area contributed by atoms with Crippen molar-refractivity contribution in [2.45, 2.75) is 33.8 Å². The molecular weight excluding hydrogens is 312 g/mol. The smallest absolute Gasteiger partial charge is 0.106 e. The van der Waals surface area contributed by atoms with Crippen LogP contribution in [0.5, 0.6) is 0 Å². The predicted molar refractivity (Wildman–Crippen MR) is 106 cm³/mol. The van der Waals surface area contributed by atoms with Gasteiger partial charge in [-0.15, -0.1) is 6.58 Å². The summed E-state index contributed by atoms with van der Waals surface area (Å²) in [5, 5.41) is 9.09. The summed E-state index contributed by atoms with van der Waals surface area (Å²) in [6.07, 6.45) is 0.673. The fraction of sp³-hybridized carbons (Fsp3) is 0.318. The van der Waals surface area contributed by atoms with E-state index in [0.29, 0.717) is 13.0 Å². The number of aliphatic hydroxyl groups is 1. The lowest BCUT2D eigenvalue weighted by atomic mass is 9.97.